The van der Waals surface area contributed by atoms with E-state index in [0.29, 0.717) is 29.5 Å². The molecule has 0 bridgehead atoms. The van der Waals surface area contributed by atoms with Crippen molar-refractivity contribution in [1.29, 1.82) is 0 Å². The van der Waals surface area contributed by atoms with Crippen molar-refractivity contribution in [2.45, 2.75) is 19.9 Å². The number of rotatable bonds is 5. The molecule has 0 aliphatic rings. The number of carbonyl (C=O) groups is 1. The minimum Gasteiger partial charge on any atom is -0.368 e. The minimum atomic E-state index is -0.527. The van der Waals surface area contributed by atoms with Crippen molar-refractivity contribution < 1.29 is 4.79 Å². The highest BCUT2D eigenvalue weighted by atomic mass is 16.1. The van der Waals surface area contributed by atoms with Crippen LogP contribution in [0.3, 0.4) is 0 Å². The van der Waals surface area contributed by atoms with E-state index in [1.165, 1.54) is 6.33 Å². The number of fused-ring (bicyclic) bond motifs is 1. The number of primary amides is 1. The van der Waals surface area contributed by atoms with Gasteiger partial charge in [0, 0.05) is 6.54 Å². The summed E-state index contributed by atoms with van der Waals surface area (Å²) in [5.41, 5.74) is 6.38. The summed E-state index contributed by atoms with van der Waals surface area (Å²) in [5.74, 6) is 0.502. The SMILES string of the molecule is CCNc1nc(NC(C)C(N)=O)c2[nH]cnc2n1. The molecule has 0 aromatic carbocycles. The van der Waals surface area contributed by atoms with E-state index in [2.05, 4.69) is 30.6 Å². The third-order valence-corrected chi connectivity index (χ3v) is 2.40. The fourth-order valence-corrected chi connectivity index (χ4v) is 1.45. The first-order valence-corrected chi connectivity index (χ1v) is 5.62. The van der Waals surface area contributed by atoms with Gasteiger partial charge in [-0.1, -0.05) is 0 Å². The molecule has 1 unspecified atom stereocenters. The topological polar surface area (TPSA) is 122 Å². The maximum absolute atomic E-state index is 11.1. The van der Waals surface area contributed by atoms with E-state index >= 15 is 0 Å². The summed E-state index contributed by atoms with van der Waals surface area (Å²) in [6.45, 7) is 4.30. The van der Waals surface area contributed by atoms with Gasteiger partial charge in [0.2, 0.25) is 11.9 Å². The van der Waals surface area contributed by atoms with E-state index < -0.39 is 11.9 Å². The number of aromatic amines is 1. The van der Waals surface area contributed by atoms with E-state index in [4.69, 9.17) is 5.73 Å². The van der Waals surface area contributed by atoms with Crippen molar-refractivity contribution in [3.8, 4) is 0 Å². The molecule has 0 fully saturated rings. The Bertz CT molecular complexity index is 564. The van der Waals surface area contributed by atoms with Crippen LogP contribution in [0.1, 0.15) is 13.8 Å². The van der Waals surface area contributed by atoms with E-state index in [9.17, 15) is 4.79 Å². The van der Waals surface area contributed by atoms with Crippen LogP contribution in [0.5, 0.6) is 0 Å². The molecular formula is C10H15N7O. The van der Waals surface area contributed by atoms with Crippen LogP contribution in [0.4, 0.5) is 11.8 Å². The van der Waals surface area contributed by atoms with Gasteiger partial charge in [-0.25, -0.2) is 4.98 Å². The number of nitrogens with zero attached hydrogens (tertiary/aromatic N) is 3. The molecule has 5 N–H and O–H groups in total. The van der Waals surface area contributed by atoms with Gasteiger partial charge in [0.05, 0.1) is 6.33 Å². The molecule has 1 atom stereocenters. The predicted octanol–water partition coefficient (Wildman–Crippen LogP) is 0.0704. The quantitative estimate of drug-likeness (QED) is 0.595. The highest BCUT2D eigenvalue weighted by molar-refractivity contribution is 5.88. The number of H-pyrrole nitrogens is 1. The van der Waals surface area contributed by atoms with E-state index in [1.807, 2.05) is 6.92 Å². The van der Waals surface area contributed by atoms with Crippen LogP contribution >= 0.6 is 0 Å². The lowest BCUT2D eigenvalue weighted by atomic mass is 10.3. The first-order chi connectivity index (χ1) is 8.61. The molecule has 8 heteroatoms. The van der Waals surface area contributed by atoms with E-state index in [0.717, 1.165) is 0 Å². The molecule has 0 radical (unpaired) electrons. The van der Waals surface area contributed by atoms with Crippen LogP contribution in [0, 0.1) is 0 Å². The van der Waals surface area contributed by atoms with Crippen molar-refractivity contribution in [2.75, 3.05) is 17.2 Å². The molecule has 2 aromatic rings. The molecule has 0 aliphatic heterocycles. The summed E-state index contributed by atoms with van der Waals surface area (Å²) in [4.78, 5) is 26.5. The molecule has 0 aliphatic carbocycles. The average Bonchev–Trinajstić information content (AvgIpc) is 2.77. The van der Waals surface area contributed by atoms with Crippen LogP contribution in [0.2, 0.25) is 0 Å². The van der Waals surface area contributed by atoms with Gasteiger partial charge in [-0.3, -0.25) is 4.79 Å². The standard InChI is InChI=1S/C10H15N7O/c1-3-12-10-16-8-6(13-4-14-8)9(17-10)15-5(2)7(11)18/h4-5H,3H2,1-2H3,(H2,11,18)(H3,12,13,14,15,16,17). The Labute approximate surface area is 103 Å². The summed E-state index contributed by atoms with van der Waals surface area (Å²) >= 11 is 0. The highest BCUT2D eigenvalue weighted by Crippen LogP contribution is 2.19. The Kier molecular flexibility index (Phi) is 3.26. The minimum absolute atomic E-state index is 0.453. The second-order valence-electron chi connectivity index (χ2n) is 3.80. The first-order valence-electron chi connectivity index (χ1n) is 5.62. The molecule has 96 valence electrons. The lowest BCUT2D eigenvalue weighted by Gasteiger charge is -2.12. The monoisotopic (exact) mass is 249 g/mol. The van der Waals surface area contributed by atoms with Crippen molar-refractivity contribution in [3.63, 3.8) is 0 Å². The van der Waals surface area contributed by atoms with Crippen molar-refractivity contribution in [1.82, 2.24) is 19.9 Å². The zero-order chi connectivity index (χ0) is 13.1. The molecule has 0 spiro atoms. The number of aromatic nitrogens is 4. The Morgan fingerprint density at radius 3 is 3.00 bits per heavy atom. The van der Waals surface area contributed by atoms with Crippen LogP contribution in [-0.2, 0) is 4.79 Å². The average molecular weight is 249 g/mol. The molecule has 1 amide bonds. The van der Waals surface area contributed by atoms with Gasteiger partial charge in [0.15, 0.2) is 11.5 Å². The Balaban J connectivity index is 2.40. The fourth-order valence-electron chi connectivity index (χ4n) is 1.45. The molecule has 2 aromatic heterocycles. The van der Waals surface area contributed by atoms with Crippen molar-refractivity contribution in [2.24, 2.45) is 5.73 Å². The molecule has 2 rings (SSSR count). The van der Waals surface area contributed by atoms with Gasteiger partial charge in [-0.05, 0) is 13.8 Å². The van der Waals surface area contributed by atoms with Crippen molar-refractivity contribution >= 4 is 28.8 Å². The predicted molar refractivity (Wildman–Crippen MR) is 68.1 cm³/mol. The molecule has 18 heavy (non-hydrogen) atoms. The summed E-state index contributed by atoms with van der Waals surface area (Å²) in [6.07, 6.45) is 1.52. The first kappa shape index (κ1) is 12.1. The molecule has 0 saturated carbocycles. The summed E-state index contributed by atoms with van der Waals surface area (Å²) in [7, 11) is 0. The van der Waals surface area contributed by atoms with Crippen LogP contribution < -0.4 is 16.4 Å². The smallest absolute Gasteiger partial charge is 0.239 e. The molecule has 0 saturated heterocycles. The van der Waals surface area contributed by atoms with Crippen molar-refractivity contribution in [3.05, 3.63) is 6.33 Å². The maximum Gasteiger partial charge on any atom is 0.239 e. The van der Waals surface area contributed by atoms with Crippen LogP contribution in [-0.4, -0.2) is 38.4 Å². The fraction of sp³-hybridized carbons (Fsp3) is 0.400. The van der Waals surface area contributed by atoms with E-state index in [1.54, 1.807) is 6.92 Å². The zero-order valence-electron chi connectivity index (χ0n) is 10.2. The number of imidazole rings is 1. The molecular weight excluding hydrogens is 234 g/mol. The van der Waals surface area contributed by atoms with Gasteiger partial charge in [0.25, 0.3) is 0 Å². The third kappa shape index (κ3) is 2.31. The van der Waals surface area contributed by atoms with Gasteiger partial charge in [0.1, 0.15) is 11.6 Å². The molecule has 8 nitrogen and oxygen atoms in total. The maximum atomic E-state index is 11.1. The highest BCUT2D eigenvalue weighted by Gasteiger charge is 2.14. The number of amides is 1. The number of carbonyl (C=O) groups excluding carboxylic acids is 1. The largest absolute Gasteiger partial charge is 0.368 e. The Morgan fingerprint density at radius 2 is 2.33 bits per heavy atom. The number of nitrogens with one attached hydrogen (secondary N) is 3. The Morgan fingerprint density at radius 1 is 1.56 bits per heavy atom. The van der Waals surface area contributed by atoms with Gasteiger partial charge in [-0.2, -0.15) is 9.97 Å². The second-order valence-corrected chi connectivity index (χ2v) is 3.80. The molecule has 2 heterocycles. The number of anilines is 2. The Hall–Kier alpha value is -2.38. The normalized spacial score (nSPS) is 12.3. The number of hydrogen-bond donors (Lipinski definition) is 4. The second kappa shape index (κ2) is 4.86. The van der Waals surface area contributed by atoms with Gasteiger partial charge < -0.3 is 21.4 Å². The summed E-state index contributed by atoms with van der Waals surface area (Å²) < 4.78 is 0. The van der Waals surface area contributed by atoms with Gasteiger partial charge in [-0.15, -0.1) is 0 Å². The third-order valence-electron chi connectivity index (χ3n) is 2.40. The van der Waals surface area contributed by atoms with Gasteiger partial charge >= 0.3 is 0 Å². The summed E-state index contributed by atoms with van der Waals surface area (Å²) in [5, 5.41) is 5.93. The lowest BCUT2D eigenvalue weighted by molar-refractivity contribution is -0.118. The number of nitrogens with two attached hydrogens (primary N) is 1. The van der Waals surface area contributed by atoms with Crippen LogP contribution in [0.25, 0.3) is 11.2 Å². The number of hydrogen-bond acceptors (Lipinski definition) is 6. The lowest BCUT2D eigenvalue weighted by Crippen LogP contribution is -2.33. The van der Waals surface area contributed by atoms with Crippen LogP contribution in [0.15, 0.2) is 6.33 Å². The van der Waals surface area contributed by atoms with E-state index in [-0.39, 0.29) is 0 Å². The zero-order valence-corrected chi connectivity index (χ0v) is 10.2. The summed E-state index contributed by atoms with van der Waals surface area (Å²) in [6, 6.07) is -0.527.